The van der Waals surface area contributed by atoms with E-state index >= 15 is 0 Å². The lowest BCUT2D eigenvalue weighted by molar-refractivity contribution is -0.126. The Morgan fingerprint density at radius 1 is 1.64 bits per heavy atom. The molecule has 0 aliphatic carbocycles. The smallest absolute Gasteiger partial charge is 0.224 e. The maximum absolute atomic E-state index is 11.7. The van der Waals surface area contributed by atoms with Crippen LogP contribution in [0.3, 0.4) is 0 Å². The Morgan fingerprint density at radius 2 is 2.36 bits per heavy atom. The summed E-state index contributed by atoms with van der Waals surface area (Å²) in [6.07, 6.45) is 0.625. The van der Waals surface area contributed by atoms with Crippen LogP contribution in [0.15, 0.2) is 0 Å². The number of rotatable bonds is 4. The molecule has 1 heterocycles. The molecular weight excluding hydrogens is 180 g/mol. The fourth-order valence-corrected chi connectivity index (χ4v) is 1.78. The van der Waals surface area contributed by atoms with Gasteiger partial charge in [0.15, 0.2) is 0 Å². The van der Waals surface area contributed by atoms with E-state index < -0.39 is 0 Å². The zero-order valence-electron chi connectivity index (χ0n) is 8.92. The monoisotopic (exact) mass is 200 g/mol. The molecule has 0 bridgehead atoms. The van der Waals surface area contributed by atoms with Crippen LogP contribution in [0.25, 0.3) is 0 Å². The van der Waals surface area contributed by atoms with Crippen molar-refractivity contribution >= 4 is 5.91 Å². The average molecular weight is 200 g/mol. The number of hydrogen-bond acceptors (Lipinski definition) is 3. The summed E-state index contributed by atoms with van der Waals surface area (Å²) in [4.78, 5) is 11.7. The van der Waals surface area contributed by atoms with Crippen molar-refractivity contribution in [1.82, 2.24) is 10.6 Å². The molecule has 1 aliphatic rings. The van der Waals surface area contributed by atoms with Crippen molar-refractivity contribution in [1.29, 1.82) is 0 Å². The second kappa shape index (κ2) is 5.32. The third kappa shape index (κ3) is 2.96. The molecule has 1 aliphatic heterocycles. The molecule has 1 fully saturated rings. The summed E-state index contributed by atoms with van der Waals surface area (Å²) in [6, 6.07) is 0.0697. The molecule has 3 unspecified atom stereocenters. The number of aliphatic hydroxyl groups excluding tert-OH is 1. The minimum absolute atomic E-state index is 0.0697. The molecule has 0 aromatic rings. The maximum atomic E-state index is 11.7. The molecule has 1 amide bonds. The minimum Gasteiger partial charge on any atom is -0.396 e. The molecule has 14 heavy (non-hydrogen) atoms. The second-order valence-corrected chi connectivity index (χ2v) is 4.16. The Hall–Kier alpha value is -0.610. The highest BCUT2D eigenvalue weighted by Crippen LogP contribution is 2.15. The first-order valence-electron chi connectivity index (χ1n) is 5.27. The predicted octanol–water partition coefficient (Wildman–Crippen LogP) is -0.271. The number of amides is 1. The van der Waals surface area contributed by atoms with Crippen molar-refractivity contribution in [2.24, 2.45) is 11.8 Å². The van der Waals surface area contributed by atoms with Gasteiger partial charge in [-0.15, -0.1) is 0 Å². The standard InChI is InChI=1S/C10H20N2O2/c1-7-5-11-6-9(7)10(14)12-8(2)3-4-13/h7-9,11,13H,3-6H2,1-2H3,(H,12,14). The van der Waals surface area contributed by atoms with E-state index in [1.54, 1.807) is 0 Å². The average Bonchev–Trinajstić information content (AvgIpc) is 2.51. The number of carbonyl (C=O) groups is 1. The summed E-state index contributed by atoms with van der Waals surface area (Å²) in [5.74, 6) is 0.621. The zero-order valence-corrected chi connectivity index (χ0v) is 8.92. The highest BCUT2D eigenvalue weighted by Gasteiger charge is 2.29. The molecule has 0 aromatic carbocycles. The van der Waals surface area contributed by atoms with Crippen LogP contribution in [-0.4, -0.2) is 36.8 Å². The molecule has 1 rings (SSSR count). The summed E-state index contributed by atoms with van der Waals surface area (Å²) in [5, 5.41) is 14.8. The Bertz CT molecular complexity index is 197. The van der Waals surface area contributed by atoms with Gasteiger partial charge < -0.3 is 15.7 Å². The summed E-state index contributed by atoms with van der Waals surface area (Å²) in [5.41, 5.74) is 0. The van der Waals surface area contributed by atoms with Crippen LogP contribution in [0, 0.1) is 11.8 Å². The largest absolute Gasteiger partial charge is 0.396 e. The number of nitrogens with one attached hydrogen (secondary N) is 2. The lowest BCUT2D eigenvalue weighted by atomic mass is 9.97. The van der Waals surface area contributed by atoms with Crippen molar-refractivity contribution in [3.8, 4) is 0 Å². The minimum atomic E-state index is 0.0697. The maximum Gasteiger partial charge on any atom is 0.224 e. The number of carbonyl (C=O) groups excluding carboxylic acids is 1. The van der Waals surface area contributed by atoms with Crippen LogP contribution >= 0.6 is 0 Å². The van der Waals surface area contributed by atoms with E-state index in [4.69, 9.17) is 5.11 Å². The Morgan fingerprint density at radius 3 is 2.86 bits per heavy atom. The molecule has 3 atom stereocenters. The highest BCUT2D eigenvalue weighted by atomic mass is 16.3. The Kier molecular flexibility index (Phi) is 4.35. The van der Waals surface area contributed by atoms with E-state index in [1.807, 2.05) is 6.92 Å². The molecule has 4 heteroatoms. The third-order valence-corrected chi connectivity index (χ3v) is 2.80. The van der Waals surface area contributed by atoms with Crippen LogP contribution in [0.1, 0.15) is 20.3 Å². The molecule has 0 radical (unpaired) electrons. The normalized spacial score (nSPS) is 28.8. The fraction of sp³-hybridized carbons (Fsp3) is 0.900. The van der Waals surface area contributed by atoms with E-state index in [9.17, 15) is 4.79 Å². The van der Waals surface area contributed by atoms with E-state index in [1.165, 1.54) is 0 Å². The number of hydrogen-bond donors (Lipinski definition) is 3. The van der Waals surface area contributed by atoms with Crippen molar-refractivity contribution in [2.45, 2.75) is 26.3 Å². The molecule has 0 saturated carbocycles. The summed E-state index contributed by atoms with van der Waals surface area (Å²) < 4.78 is 0. The van der Waals surface area contributed by atoms with Gasteiger partial charge in [0.25, 0.3) is 0 Å². The first kappa shape index (κ1) is 11.5. The molecular formula is C10H20N2O2. The van der Waals surface area contributed by atoms with Gasteiger partial charge in [0.05, 0.1) is 5.92 Å². The SMILES string of the molecule is CC(CCO)NC(=O)C1CNCC1C. The molecule has 4 nitrogen and oxygen atoms in total. The molecule has 0 aromatic heterocycles. The van der Waals surface area contributed by atoms with E-state index in [0.29, 0.717) is 12.3 Å². The van der Waals surface area contributed by atoms with Gasteiger partial charge in [-0.3, -0.25) is 4.79 Å². The van der Waals surface area contributed by atoms with E-state index in [-0.39, 0.29) is 24.5 Å². The van der Waals surface area contributed by atoms with Crippen LogP contribution < -0.4 is 10.6 Å². The topological polar surface area (TPSA) is 61.4 Å². The van der Waals surface area contributed by atoms with Crippen molar-refractivity contribution in [2.75, 3.05) is 19.7 Å². The Balaban J connectivity index is 2.33. The van der Waals surface area contributed by atoms with Gasteiger partial charge in [-0.05, 0) is 25.8 Å². The first-order valence-corrected chi connectivity index (χ1v) is 5.27. The van der Waals surface area contributed by atoms with E-state index in [0.717, 1.165) is 13.1 Å². The quantitative estimate of drug-likeness (QED) is 0.585. The van der Waals surface area contributed by atoms with Gasteiger partial charge in [0, 0.05) is 19.2 Å². The molecule has 3 N–H and O–H groups in total. The summed E-state index contributed by atoms with van der Waals surface area (Å²) in [7, 11) is 0. The van der Waals surface area contributed by atoms with Crippen LogP contribution in [-0.2, 0) is 4.79 Å². The second-order valence-electron chi connectivity index (χ2n) is 4.16. The van der Waals surface area contributed by atoms with Gasteiger partial charge in [0.2, 0.25) is 5.91 Å². The highest BCUT2D eigenvalue weighted by molar-refractivity contribution is 5.79. The Labute approximate surface area is 85.1 Å². The fourth-order valence-electron chi connectivity index (χ4n) is 1.78. The van der Waals surface area contributed by atoms with Crippen LogP contribution in [0.5, 0.6) is 0 Å². The first-order chi connectivity index (χ1) is 6.65. The summed E-state index contributed by atoms with van der Waals surface area (Å²) >= 11 is 0. The van der Waals surface area contributed by atoms with Gasteiger partial charge in [-0.1, -0.05) is 6.92 Å². The third-order valence-electron chi connectivity index (χ3n) is 2.80. The lowest BCUT2D eigenvalue weighted by Crippen LogP contribution is -2.40. The lowest BCUT2D eigenvalue weighted by Gasteiger charge is -2.18. The molecule has 1 saturated heterocycles. The van der Waals surface area contributed by atoms with Crippen LogP contribution in [0.4, 0.5) is 0 Å². The zero-order chi connectivity index (χ0) is 10.6. The van der Waals surface area contributed by atoms with Crippen molar-refractivity contribution in [3.63, 3.8) is 0 Å². The van der Waals surface area contributed by atoms with Crippen molar-refractivity contribution < 1.29 is 9.90 Å². The molecule has 0 spiro atoms. The predicted molar refractivity (Wildman–Crippen MR) is 54.8 cm³/mol. The van der Waals surface area contributed by atoms with Crippen molar-refractivity contribution in [3.05, 3.63) is 0 Å². The van der Waals surface area contributed by atoms with Gasteiger partial charge >= 0.3 is 0 Å². The molecule has 82 valence electrons. The number of aliphatic hydroxyl groups is 1. The van der Waals surface area contributed by atoms with Gasteiger partial charge in [-0.25, -0.2) is 0 Å². The van der Waals surface area contributed by atoms with Gasteiger partial charge in [0.1, 0.15) is 0 Å². The van der Waals surface area contributed by atoms with Crippen LogP contribution in [0.2, 0.25) is 0 Å². The van der Waals surface area contributed by atoms with Gasteiger partial charge in [-0.2, -0.15) is 0 Å². The van der Waals surface area contributed by atoms with E-state index in [2.05, 4.69) is 17.6 Å². The summed E-state index contributed by atoms with van der Waals surface area (Å²) in [6.45, 7) is 5.83.